The molecule has 1 aliphatic heterocycles. The summed E-state index contributed by atoms with van der Waals surface area (Å²) >= 11 is 0. The lowest BCUT2D eigenvalue weighted by molar-refractivity contribution is 0.0766. The molecular weight excluding hydrogens is 518 g/mol. The van der Waals surface area contributed by atoms with Crippen LogP contribution in [-0.2, 0) is 0 Å². The summed E-state index contributed by atoms with van der Waals surface area (Å²) in [5.41, 5.74) is 1.69. The number of nitrogens with zero attached hydrogens (tertiary/aromatic N) is 7. The molecule has 1 aromatic carbocycles. The minimum Gasteiger partial charge on any atom is -0.395 e. The van der Waals surface area contributed by atoms with Gasteiger partial charge >= 0.3 is 0 Å². The van der Waals surface area contributed by atoms with E-state index in [1.54, 1.807) is 0 Å². The second-order valence-electron chi connectivity index (χ2n) is 10.3. The van der Waals surface area contributed by atoms with E-state index in [4.69, 9.17) is 5.11 Å². The summed E-state index contributed by atoms with van der Waals surface area (Å²) in [6.45, 7) is 5.57. The fraction of sp³-hybridized carbons (Fsp3) is 0.393. The van der Waals surface area contributed by atoms with Crippen LogP contribution >= 0.6 is 0 Å². The summed E-state index contributed by atoms with van der Waals surface area (Å²) in [5.74, 6) is -0.431. The number of nitrogens with one attached hydrogen (secondary N) is 1. The van der Waals surface area contributed by atoms with E-state index in [0.29, 0.717) is 30.6 Å². The Morgan fingerprint density at radius 2 is 1.85 bits per heavy atom. The second kappa shape index (κ2) is 11.5. The summed E-state index contributed by atoms with van der Waals surface area (Å²) in [6, 6.07) is 3.99. The first-order valence-electron chi connectivity index (χ1n) is 13.3. The third kappa shape index (κ3) is 5.44. The van der Waals surface area contributed by atoms with Gasteiger partial charge in [0, 0.05) is 56.9 Å². The molecule has 2 N–H and O–H groups in total. The van der Waals surface area contributed by atoms with E-state index in [1.807, 2.05) is 17.0 Å². The molecule has 1 aliphatic rings. The Hall–Kier alpha value is -4.19. The van der Waals surface area contributed by atoms with Crippen LogP contribution in [0.3, 0.4) is 0 Å². The lowest BCUT2D eigenvalue weighted by Gasteiger charge is -2.32. The maximum atomic E-state index is 15.3. The summed E-state index contributed by atoms with van der Waals surface area (Å²) in [7, 11) is 1.52. The Balaban J connectivity index is 1.33. The number of carbonyl (C=O) groups excluding carboxylic acids is 1. The molecule has 1 fully saturated rings. The van der Waals surface area contributed by atoms with Gasteiger partial charge < -0.3 is 24.8 Å². The molecule has 12 heteroatoms. The Kier molecular flexibility index (Phi) is 7.88. The highest BCUT2D eigenvalue weighted by molar-refractivity contribution is 5.95. The number of hydrogen-bond donors (Lipinski definition) is 2. The van der Waals surface area contributed by atoms with Crippen LogP contribution in [0.2, 0.25) is 0 Å². The second-order valence-corrected chi connectivity index (χ2v) is 10.3. The van der Waals surface area contributed by atoms with Gasteiger partial charge in [-0.15, -0.1) is 0 Å². The lowest BCUT2D eigenvalue weighted by atomic mass is 10.1. The van der Waals surface area contributed by atoms with Gasteiger partial charge in [-0.3, -0.25) is 4.79 Å². The number of aliphatic hydroxyl groups excluding tert-OH is 1. The quantitative estimate of drug-likeness (QED) is 0.335. The highest BCUT2D eigenvalue weighted by Crippen LogP contribution is 2.33. The van der Waals surface area contributed by atoms with Crippen molar-refractivity contribution >= 4 is 34.4 Å². The molecule has 1 amide bonds. The largest absolute Gasteiger partial charge is 0.395 e. The van der Waals surface area contributed by atoms with E-state index in [0.717, 1.165) is 24.5 Å². The molecule has 210 valence electrons. The van der Waals surface area contributed by atoms with Crippen molar-refractivity contribution in [3.63, 3.8) is 0 Å². The highest BCUT2D eigenvalue weighted by Gasteiger charge is 2.26. The maximum absolute atomic E-state index is 15.3. The molecule has 40 heavy (non-hydrogen) atoms. The van der Waals surface area contributed by atoms with Crippen molar-refractivity contribution in [1.82, 2.24) is 29.4 Å². The van der Waals surface area contributed by atoms with Crippen molar-refractivity contribution in [2.75, 3.05) is 43.5 Å². The number of halogens is 2. The monoisotopic (exact) mass is 550 g/mol. The molecule has 1 saturated heterocycles. The molecule has 0 radical (unpaired) electrons. The van der Waals surface area contributed by atoms with E-state index in [1.165, 1.54) is 36.6 Å². The smallest absolute Gasteiger partial charge is 0.253 e. The van der Waals surface area contributed by atoms with Crippen molar-refractivity contribution < 1.29 is 18.7 Å². The number of likely N-dealkylation sites (N-methyl/N-ethyl adjacent to an activating group) is 1. The SMILES string of the molecule is CC(C)c1cnc(N2CCC(n3cc(F)c4c(Nc5ccc(C(=O)N(C)CCO)cc5F)ncnc43)CC2)nc1. The third-order valence-electron chi connectivity index (χ3n) is 7.28. The number of benzene rings is 1. The van der Waals surface area contributed by atoms with Crippen LogP contribution in [0.15, 0.2) is 43.1 Å². The molecular formula is C28H32F2N8O2. The van der Waals surface area contributed by atoms with Crippen LogP contribution in [0.5, 0.6) is 0 Å². The van der Waals surface area contributed by atoms with E-state index in [-0.39, 0.29) is 41.6 Å². The number of anilines is 3. The van der Waals surface area contributed by atoms with Crippen molar-refractivity contribution in [1.29, 1.82) is 0 Å². The minimum atomic E-state index is -0.689. The molecule has 3 aromatic heterocycles. The molecule has 0 atom stereocenters. The summed E-state index contributed by atoms with van der Waals surface area (Å²) < 4.78 is 32.0. The Morgan fingerprint density at radius 1 is 1.12 bits per heavy atom. The van der Waals surface area contributed by atoms with Gasteiger partial charge in [0.25, 0.3) is 5.91 Å². The van der Waals surface area contributed by atoms with Gasteiger partial charge in [-0.25, -0.2) is 28.7 Å². The van der Waals surface area contributed by atoms with Crippen LogP contribution < -0.4 is 10.2 Å². The normalized spacial score (nSPS) is 14.2. The van der Waals surface area contributed by atoms with Gasteiger partial charge in [-0.2, -0.15) is 0 Å². The minimum absolute atomic E-state index is 0.0129. The highest BCUT2D eigenvalue weighted by atomic mass is 19.1. The zero-order valence-corrected chi connectivity index (χ0v) is 22.7. The number of rotatable bonds is 8. The predicted octanol–water partition coefficient (Wildman–Crippen LogP) is 4.27. The number of carbonyl (C=O) groups is 1. The van der Waals surface area contributed by atoms with E-state index in [9.17, 15) is 9.18 Å². The van der Waals surface area contributed by atoms with Gasteiger partial charge in [0.2, 0.25) is 5.95 Å². The number of amides is 1. The van der Waals surface area contributed by atoms with Gasteiger partial charge in [0.1, 0.15) is 23.6 Å². The van der Waals surface area contributed by atoms with Crippen LogP contribution in [0, 0.1) is 11.6 Å². The summed E-state index contributed by atoms with van der Waals surface area (Å²) in [4.78, 5) is 33.4. The molecule has 0 saturated carbocycles. The molecule has 4 heterocycles. The number of hydrogen-bond acceptors (Lipinski definition) is 8. The van der Waals surface area contributed by atoms with E-state index in [2.05, 4.69) is 44.0 Å². The number of aromatic nitrogens is 5. The molecule has 0 aliphatic carbocycles. The van der Waals surface area contributed by atoms with Crippen LogP contribution in [-0.4, -0.2) is 73.7 Å². The van der Waals surface area contributed by atoms with Crippen molar-refractivity contribution in [3.8, 4) is 0 Å². The van der Waals surface area contributed by atoms with Gasteiger partial charge in [-0.1, -0.05) is 13.8 Å². The Labute approximate surface area is 230 Å². The van der Waals surface area contributed by atoms with E-state index >= 15 is 4.39 Å². The molecule has 10 nitrogen and oxygen atoms in total. The lowest BCUT2D eigenvalue weighted by Crippen LogP contribution is -2.35. The topological polar surface area (TPSA) is 112 Å². The Morgan fingerprint density at radius 3 is 2.50 bits per heavy atom. The zero-order valence-electron chi connectivity index (χ0n) is 22.7. The molecule has 0 unspecified atom stereocenters. The molecule has 5 rings (SSSR count). The van der Waals surface area contributed by atoms with Crippen LogP contribution in [0.1, 0.15) is 54.6 Å². The van der Waals surface area contributed by atoms with Crippen molar-refractivity contribution in [3.05, 3.63) is 65.9 Å². The van der Waals surface area contributed by atoms with Crippen molar-refractivity contribution in [2.24, 2.45) is 0 Å². The number of aliphatic hydroxyl groups is 1. The van der Waals surface area contributed by atoms with Gasteiger partial charge in [0.15, 0.2) is 5.82 Å². The van der Waals surface area contributed by atoms with Crippen LogP contribution in [0.25, 0.3) is 11.0 Å². The predicted molar refractivity (Wildman–Crippen MR) is 148 cm³/mol. The maximum Gasteiger partial charge on any atom is 0.253 e. The molecule has 0 bridgehead atoms. The number of fused-ring (bicyclic) bond motifs is 1. The van der Waals surface area contributed by atoms with Crippen LogP contribution in [0.4, 0.5) is 26.2 Å². The third-order valence-corrected chi connectivity index (χ3v) is 7.28. The fourth-order valence-electron chi connectivity index (χ4n) is 4.90. The first-order valence-corrected chi connectivity index (χ1v) is 13.3. The van der Waals surface area contributed by atoms with Gasteiger partial charge in [-0.05, 0) is 42.5 Å². The Bertz CT molecular complexity index is 1500. The number of piperidine rings is 1. The van der Waals surface area contributed by atoms with Gasteiger partial charge in [0.05, 0.1) is 17.7 Å². The molecule has 0 spiro atoms. The zero-order chi connectivity index (χ0) is 28.4. The van der Waals surface area contributed by atoms with E-state index < -0.39 is 17.5 Å². The average molecular weight is 551 g/mol. The average Bonchev–Trinajstić information content (AvgIpc) is 3.31. The fourth-order valence-corrected chi connectivity index (χ4v) is 4.90. The summed E-state index contributed by atoms with van der Waals surface area (Å²) in [5, 5.41) is 12.1. The molecule has 4 aromatic rings. The first-order chi connectivity index (χ1) is 19.3. The first kappa shape index (κ1) is 27.4. The van der Waals surface area contributed by atoms with Crippen molar-refractivity contribution in [2.45, 2.75) is 38.6 Å². The summed E-state index contributed by atoms with van der Waals surface area (Å²) in [6.07, 6.45) is 7.97. The standard InChI is InChI=1S/C28H32F2N8O2/c1-17(2)19-13-31-28(32-14-19)37-8-6-20(7-9-37)38-15-22(30)24-25(33-16-34-26(24)38)35-23-5-4-18(12-21(23)29)27(40)36(3)10-11-39/h4-5,12-17,20,39H,6-11H2,1-3H3,(H,33,34,35).